The first kappa shape index (κ1) is 39.1. The smallest absolute Gasteiger partial charge is 0.461 e. The van der Waals surface area contributed by atoms with Crippen LogP contribution in [0.25, 0.3) is 0 Å². The van der Waals surface area contributed by atoms with E-state index in [-0.39, 0.29) is 49.0 Å². The topological polar surface area (TPSA) is 129 Å². The van der Waals surface area contributed by atoms with Crippen molar-refractivity contribution >= 4 is 32.0 Å². The van der Waals surface area contributed by atoms with E-state index < -0.39 is 32.4 Å². The highest BCUT2D eigenvalue weighted by atomic mass is 31.2. The van der Waals surface area contributed by atoms with Crippen LogP contribution in [-0.2, 0) is 18.7 Å². The average molecular weight is 781 g/mol. The summed E-state index contributed by atoms with van der Waals surface area (Å²) >= 11 is 0. The zero-order valence-corrected chi connectivity index (χ0v) is 32.2. The van der Waals surface area contributed by atoms with Crippen LogP contribution in [0.3, 0.4) is 0 Å². The van der Waals surface area contributed by atoms with Crippen LogP contribution in [0.1, 0.15) is 42.9 Å². The molecular formula is C42H42N2O9P2. The zero-order valence-electron chi connectivity index (χ0n) is 30.5. The summed E-state index contributed by atoms with van der Waals surface area (Å²) in [4.78, 5) is 29.7. The van der Waals surface area contributed by atoms with Crippen LogP contribution in [0, 0.1) is 0 Å². The molecular weight excluding hydrogens is 738 g/mol. The molecule has 1 amide bonds. The van der Waals surface area contributed by atoms with Gasteiger partial charge in [-0.1, -0.05) is 72.8 Å². The molecule has 0 bridgehead atoms. The van der Waals surface area contributed by atoms with Crippen molar-refractivity contribution in [1.29, 1.82) is 0 Å². The van der Waals surface area contributed by atoms with Gasteiger partial charge in [0.2, 0.25) is 11.7 Å². The number of para-hydroxylation sites is 3. The van der Waals surface area contributed by atoms with Crippen molar-refractivity contribution < 1.29 is 41.1 Å². The number of hydrogen-bond donors (Lipinski definition) is 0. The fourth-order valence-corrected chi connectivity index (χ4v) is 10.8. The summed E-state index contributed by atoms with van der Waals surface area (Å²) in [6, 6.07) is 41.5. The third kappa shape index (κ3) is 9.75. The highest BCUT2D eigenvalue weighted by molar-refractivity contribution is 7.67. The Hall–Kier alpha value is -5.60. The van der Waals surface area contributed by atoms with Gasteiger partial charge in [-0.2, -0.15) is 0 Å². The summed E-state index contributed by atoms with van der Waals surface area (Å²) in [7, 11) is -6.61. The van der Waals surface area contributed by atoms with Gasteiger partial charge in [0, 0.05) is 25.9 Å². The number of Topliss-reactive ketones (excluding diaryl/α,β-unsaturated/α-hetero) is 1. The Labute approximate surface area is 320 Å². The summed E-state index contributed by atoms with van der Waals surface area (Å²) < 4.78 is 61.8. The molecule has 2 aromatic heterocycles. The lowest BCUT2D eigenvalue weighted by molar-refractivity contribution is -0.134. The number of benzene rings is 4. The molecule has 6 rings (SSSR count). The molecule has 284 valence electrons. The van der Waals surface area contributed by atoms with Gasteiger partial charge in [0.05, 0.1) is 17.8 Å². The molecule has 0 aliphatic rings. The summed E-state index contributed by atoms with van der Waals surface area (Å²) in [5.74, 6) is -1.70. The lowest BCUT2D eigenvalue weighted by Gasteiger charge is -2.37. The molecule has 0 radical (unpaired) electrons. The number of hydrogen-bond acceptors (Lipinski definition) is 10. The normalized spacial score (nSPS) is 13.7. The van der Waals surface area contributed by atoms with E-state index in [1.807, 2.05) is 12.1 Å². The minimum Gasteiger partial charge on any atom is -0.467 e. The van der Waals surface area contributed by atoms with Gasteiger partial charge in [0.1, 0.15) is 34.6 Å². The monoisotopic (exact) mass is 780 g/mol. The van der Waals surface area contributed by atoms with Gasteiger partial charge in [-0.25, -0.2) is 4.57 Å². The first-order chi connectivity index (χ1) is 26.7. The third-order valence-electron chi connectivity index (χ3n) is 8.69. The van der Waals surface area contributed by atoms with Crippen LogP contribution < -0.4 is 18.9 Å². The fourth-order valence-electron chi connectivity index (χ4n) is 6.09. The number of ketones is 1. The highest BCUT2D eigenvalue weighted by Crippen LogP contribution is 2.62. The molecule has 3 unspecified atom stereocenters. The maximum Gasteiger partial charge on any atom is 0.461 e. The minimum absolute atomic E-state index is 0.0530. The molecule has 0 spiro atoms. The van der Waals surface area contributed by atoms with E-state index in [0.717, 1.165) is 0 Å². The molecule has 2 heterocycles. The fraction of sp³-hybridized carbons (Fsp3) is 0.190. The van der Waals surface area contributed by atoms with E-state index in [4.69, 9.17) is 22.4 Å². The number of amides is 1. The number of likely N-dealkylation sites (N-methyl/N-ethyl adjacent to an activating group) is 1. The Morgan fingerprint density at radius 2 is 1.04 bits per heavy atom. The predicted molar refractivity (Wildman–Crippen MR) is 210 cm³/mol. The van der Waals surface area contributed by atoms with Crippen LogP contribution in [0.2, 0.25) is 0 Å². The van der Waals surface area contributed by atoms with Crippen LogP contribution in [0.4, 0.5) is 0 Å². The van der Waals surface area contributed by atoms with Crippen LogP contribution in [0.5, 0.6) is 17.2 Å². The Balaban J connectivity index is 1.43. The van der Waals surface area contributed by atoms with Gasteiger partial charge in [-0.3, -0.25) is 14.3 Å². The Morgan fingerprint density at radius 1 is 0.582 bits per heavy atom. The minimum atomic E-state index is -4.47. The van der Waals surface area contributed by atoms with Gasteiger partial charge in [0.25, 0.3) is 0 Å². The van der Waals surface area contributed by atoms with Crippen molar-refractivity contribution in [1.82, 2.24) is 9.80 Å². The molecule has 6 aromatic rings. The lowest BCUT2D eigenvalue weighted by Crippen LogP contribution is -2.42. The van der Waals surface area contributed by atoms with E-state index in [1.54, 1.807) is 145 Å². The van der Waals surface area contributed by atoms with Crippen molar-refractivity contribution in [2.24, 2.45) is 0 Å². The maximum absolute atomic E-state index is 15.5. The van der Waals surface area contributed by atoms with Crippen molar-refractivity contribution in [3.8, 4) is 17.2 Å². The first-order valence-electron chi connectivity index (χ1n) is 17.7. The Morgan fingerprint density at radius 3 is 1.49 bits per heavy atom. The largest absolute Gasteiger partial charge is 0.467 e. The molecule has 13 heteroatoms. The molecule has 0 saturated carbocycles. The van der Waals surface area contributed by atoms with Gasteiger partial charge >= 0.3 is 15.0 Å². The quantitative estimate of drug-likeness (QED) is 0.0733. The van der Waals surface area contributed by atoms with E-state index >= 15 is 9.13 Å². The maximum atomic E-state index is 15.5. The van der Waals surface area contributed by atoms with Crippen molar-refractivity contribution in [2.45, 2.75) is 31.3 Å². The molecule has 4 aromatic carbocycles. The second-order valence-corrected chi connectivity index (χ2v) is 17.0. The predicted octanol–water partition coefficient (Wildman–Crippen LogP) is 9.73. The standard InChI is InChI=1S/C42H42N2O9P2/c1-33(45)27-28-40(46)44(42(39-26-16-32-50-39)55(48,52-35-19-9-4-10-20-35)53-36-21-11-5-12-22-36)30-29-43(2)41(38-25-15-31-49-38)54(47,37-23-13-6-14-24-37)51-34-17-7-3-8-18-34/h3-26,31-32,41-42H,27-30H2,1-2H3. The molecule has 0 aliphatic carbocycles. The van der Waals surface area contributed by atoms with E-state index in [1.165, 1.54) is 24.3 Å². The first-order valence-corrected chi connectivity index (χ1v) is 21.0. The molecule has 55 heavy (non-hydrogen) atoms. The third-order valence-corrected chi connectivity index (χ3v) is 13.5. The Kier molecular flexibility index (Phi) is 12.9. The van der Waals surface area contributed by atoms with Crippen molar-refractivity contribution in [3.63, 3.8) is 0 Å². The van der Waals surface area contributed by atoms with Crippen LogP contribution in [0.15, 0.2) is 167 Å². The summed E-state index contributed by atoms with van der Waals surface area (Å²) in [5.41, 5.74) is 0. The van der Waals surface area contributed by atoms with E-state index in [0.29, 0.717) is 16.8 Å². The Bertz CT molecular complexity index is 2140. The van der Waals surface area contributed by atoms with Gasteiger partial charge in [-0.15, -0.1) is 0 Å². The van der Waals surface area contributed by atoms with Crippen LogP contribution in [-0.4, -0.2) is 41.6 Å². The molecule has 11 nitrogen and oxygen atoms in total. The molecule has 0 N–H and O–H groups in total. The van der Waals surface area contributed by atoms with Gasteiger partial charge < -0.3 is 32.1 Å². The van der Waals surface area contributed by atoms with Crippen molar-refractivity contribution in [3.05, 3.63) is 170 Å². The number of carbonyl (C=O) groups is 2. The number of furan rings is 2. The number of nitrogens with zero attached hydrogens (tertiary/aromatic N) is 2. The van der Waals surface area contributed by atoms with Crippen LogP contribution >= 0.6 is 15.0 Å². The summed E-state index contributed by atoms with van der Waals surface area (Å²) in [6.07, 6.45) is 2.67. The van der Waals surface area contributed by atoms with E-state index in [2.05, 4.69) is 0 Å². The average Bonchev–Trinajstić information content (AvgIpc) is 3.93. The summed E-state index contributed by atoms with van der Waals surface area (Å²) in [5, 5.41) is 0.451. The number of rotatable bonds is 19. The second kappa shape index (κ2) is 18.2. The number of carbonyl (C=O) groups excluding carboxylic acids is 2. The van der Waals surface area contributed by atoms with Gasteiger partial charge in [-0.05, 0) is 86.8 Å². The summed E-state index contributed by atoms with van der Waals surface area (Å²) in [6.45, 7) is 1.36. The van der Waals surface area contributed by atoms with E-state index in [9.17, 15) is 9.59 Å². The molecule has 0 fully saturated rings. The van der Waals surface area contributed by atoms with Crippen molar-refractivity contribution in [2.75, 3.05) is 20.1 Å². The highest BCUT2D eigenvalue weighted by Gasteiger charge is 2.49. The molecule has 0 saturated heterocycles. The molecule has 3 atom stereocenters. The lowest BCUT2D eigenvalue weighted by atomic mass is 10.2. The zero-order chi connectivity index (χ0) is 38.7. The van der Waals surface area contributed by atoms with Gasteiger partial charge in [0.15, 0.2) is 5.78 Å². The second-order valence-electron chi connectivity index (χ2n) is 12.7. The SMILES string of the molecule is CC(=O)CCC(=O)N(CCN(C)C(c1ccco1)P(=O)(Oc1ccccc1)c1ccccc1)C(c1ccco1)P(=O)(Oc1ccccc1)Oc1ccccc1. The molecule has 0 aliphatic heterocycles.